The van der Waals surface area contributed by atoms with Crippen molar-refractivity contribution in [3.05, 3.63) is 52.5 Å². The number of nitrogens with zero attached hydrogens (tertiary/aromatic N) is 1. The fourth-order valence-electron chi connectivity index (χ4n) is 2.43. The number of aromatic nitrogens is 1. The maximum Gasteiger partial charge on any atom is 0.417 e. The van der Waals surface area contributed by atoms with Gasteiger partial charge in [0.25, 0.3) is 10.0 Å². The van der Waals surface area contributed by atoms with E-state index in [2.05, 4.69) is 14.9 Å². The van der Waals surface area contributed by atoms with Crippen molar-refractivity contribution < 1.29 is 22.3 Å². The number of fused-ring (bicyclic) bond motifs is 1. The van der Waals surface area contributed by atoms with Crippen LogP contribution in [0.3, 0.4) is 0 Å². The minimum Gasteiger partial charge on any atom is -0.493 e. The number of benzene rings is 2. The van der Waals surface area contributed by atoms with Gasteiger partial charge in [-0.15, -0.1) is 0 Å². The molecule has 0 bridgehead atoms. The summed E-state index contributed by atoms with van der Waals surface area (Å²) < 4.78 is 40.5. The number of hydrogen-bond acceptors (Lipinski definition) is 7. The largest absolute Gasteiger partial charge is 0.493 e. The van der Waals surface area contributed by atoms with Crippen molar-refractivity contribution in [3.8, 4) is 11.5 Å². The van der Waals surface area contributed by atoms with Crippen molar-refractivity contribution in [2.75, 3.05) is 7.11 Å². The predicted octanol–water partition coefficient (Wildman–Crippen LogP) is 2.23. The number of ether oxygens (including phenoxy) is 2. The van der Waals surface area contributed by atoms with E-state index in [-0.39, 0.29) is 16.6 Å². The summed E-state index contributed by atoms with van der Waals surface area (Å²) in [5.41, 5.74) is 1.16. The molecule has 0 unspecified atom stereocenters. The summed E-state index contributed by atoms with van der Waals surface area (Å²) in [6.45, 7) is 3.80. The van der Waals surface area contributed by atoms with Gasteiger partial charge in [-0.1, -0.05) is 0 Å². The highest BCUT2D eigenvalue weighted by Gasteiger charge is 2.15. The molecule has 9 nitrogen and oxygen atoms in total. The van der Waals surface area contributed by atoms with Crippen molar-refractivity contribution in [2.45, 2.75) is 24.8 Å². The van der Waals surface area contributed by atoms with E-state index in [4.69, 9.17) is 13.9 Å². The van der Waals surface area contributed by atoms with Gasteiger partial charge in [0.2, 0.25) is 0 Å². The molecular formula is C18H19N3O6S. The summed E-state index contributed by atoms with van der Waals surface area (Å²) in [7, 11) is -2.42. The number of nitrogens with one attached hydrogen (secondary N) is 2. The van der Waals surface area contributed by atoms with Crippen LogP contribution in [0, 0.1) is 0 Å². The third-order valence-electron chi connectivity index (χ3n) is 3.64. The number of sulfonamides is 1. The van der Waals surface area contributed by atoms with Crippen LogP contribution in [0.2, 0.25) is 0 Å². The van der Waals surface area contributed by atoms with E-state index in [0.29, 0.717) is 22.6 Å². The standard InChI is InChI=1S/C18H19N3O6S/c1-11(2)26-15-7-4-12(8-17(15)25-3)10-19-21-28(23,24)13-5-6-14-16(9-13)27-18(22)20-14/h4-11,21H,1-3H3,(H,20,22)/b19-10+. The minimum atomic E-state index is -3.93. The zero-order valence-electron chi connectivity index (χ0n) is 15.4. The van der Waals surface area contributed by atoms with E-state index in [1.54, 1.807) is 18.2 Å². The summed E-state index contributed by atoms with van der Waals surface area (Å²) in [6, 6.07) is 9.14. The van der Waals surface area contributed by atoms with Gasteiger partial charge in [-0.25, -0.2) is 9.63 Å². The maximum absolute atomic E-state index is 12.4. The molecule has 0 saturated carbocycles. The molecule has 3 aromatic rings. The second-order valence-electron chi connectivity index (χ2n) is 6.10. The molecule has 148 valence electrons. The molecule has 0 aliphatic carbocycles. The van der Waals surface area contributed by atoms with E-state index < -0.39 is 15.8 Å². The van der Waals surface area contributed by atoms with Gasteiger partial charge in [-0.05, 0) is 49.7 Å². The van der Waals surface area contributed by atoms with Gasteiger partial charge >= 0.3 is 5.76 Å². The van der Waals surface area contributed by atoms with Gasteiger partial charge in [0.1, 0.15) is 0 Å². The third kappa shape index (κ3) is 4.34. The SMILES string of the molecule is COc1cc(/C=N/NS(=O)(=O)c2ccc3[nH]c(=O)oc3c2)ccc1OC(C)C. The van der Waals surface area contributed by atoms with Gasteiger partial charge in [0.15, 0.2) is 17.1 Å². The van der Waals surface area contributed by atoms with Crippen LogP contribution < -0.4 is 20.1 Å². The normalized spacial score (nSPS) is 12.0. The van der Waals surface area contributed by atoms with Gasteiger partial charge in [-0.2, -0.15) is 13.5 Å². The molecule has 0 radical (unpaired) electrons. The average Bonchev–Trinajstić information content (AvgIpc) is 3.01. The molecule has 0 atom stereocenters. The molecule has 0 saturated heterocycles. The Labute approximate surface area is 161 Å². The first kappa shape index (κ1) is 19.5. The van der Waals surface area contributed by atoms with E-state index in [0.717, 1.165) is 0 Å². The van der Waals surface area contributed by atoms with Gasteiger partial charge in [-0.3, -0.25) is 4.98 Å². The lowest BCUT2D eigenvalue weighted by Crippen LogP contribution is -2.18. The Balaban J connectivity index is 1.77. The molecule has 0 aliphatic rings. The zero-order valence-corrected chi connectivity index (χ0v) is 16.2. The molecule has 3 rings (SSSR count). The number of hydrogen-bond donors (Lipinski definition) is 2. The van der Waals surface area contributed by atoms with Crippen molar-refractivity contribution in [3.63, 3.8) is 0 Å². The Bertz CT molecular complexity index is 1180. The Morgan fingerprint density at radius 2 is 1.96 bits per heavy atom. The first-order valence-corrected chi connectivity index (χ1v) is 9.79. The Morgan fingerprint density at radius 3 is 2.68 bits per heavy atom. The van der Waals surface area contributed by atoms with E-state index in [9.17, 15) is 13.2 Å². The van der Waals surface area contributed by atoms with Crippen LogP contribution in [-0.4, -0.2) is 32.8 Å². The second kappa shape index (κ2) is 7.77. The first-order valence-electron chi connectivity index (χ1n) is 8.31. The highest BCUT2D eigenvalue weighted by atomic mass is 32.2. The Hall–Kier alpha value is -3.27. The fourth-order valence-corrected chi connectivity index (χ4v) is 3.24. The lowest BCUT2D eigenvalue weighted by atomic mass is 10.2. The number of aromatic amines is 1. The summed E-state index contributed by atoms with van der Waals surface area (Å²) in [4.78, 5) is 15.7. The molecule has 2 aromatic carbocycles. The predicted molar refractivity (Wildman–Crippen MR) is 104 cm³/mol. The molecule has 2 N–H and O–H groups in total. The van der Waals surface area contributed by atoms with Crippen LogP contribution in [-0.2, 0) is 10.0 Å². The summed E-state index contributed by atoms with van der Waals surface area (Å²) in [6.07, 6.45) is 1.33. The van der Waals surface area contributed by atoms with Crippen LogP contribution in [0.4, 0.5) is 0 Å². The van der Waals surface area contributed by atoms with Crippen molar-refractivity contribution in [2.24, 2.45) is 5.10 Å². The molecule has 1 aromatic heterocycles. The number of hydrazone groups is 1. The Morgan fingerprint density at radius 1 is 1.18 bits per heavy atom. The van der Waals surface area contributed by atoms with Crippen LogP contribution >= 0.6 is 0 Å². The molecule has 0 spiro atoms. The van der Waals surface area contributed by atoms with Crippen LogP contribution in [0.25, 0.3) is 11.1 Å². The summed E-state index contributed by atoms with van der Waals surface area (Å²) in [5.74, 6) is 0.430. The van der Waals surface area contributed by atoms with E-state index in [1.807, 2.05) is 13.8 Å². The number of rotatable bonds is 7. The molecule has 0 aliphatic heterocycles. The van der Waals surface area contributed by atoms with Crippen LogP contribution in [0.1, 0.15) is 19.4 Å². The highest BCUT2D eigenvalue weighted by molar-refractivity contribution is 7.89. The second-order valence-corrected chi connectivity index (χ2v) is 7.76. The quantitative estimate of drug-likeness (QED) is 0.459. The monoisotopic (exact) mass is 405 g/mol. The van der Waals surface area contributed by atoms with Crippen LogP contribution in [0.15, 0.2) is 55.6 Å². The molecule has 1 heterocycles. The molecule has 0 fully saturated rings. The lowest BCUT2D eigenvalue weighted by molar-refractivity contribution is 0.230. The van der Waals surface area contributed by atoms with E-state index in [1.165, 1.54) is 31.5 Å². The number of methoxy groups -OCH3 is 1. The Kier molecular flexibility index (Phi) is 5.41. The van der Waals surface area contributed by atoms with Gasteiger partial charge in [0, 0.05) is 6.07 Å². The van der Waals surface area contributed by atoms with Gasteiger partial charge < -0.3 is 13.9 Å². The van der Waals surface area contributed by atoms with Gasteiger partial charge in [0.05, 0.1) is 29.8 Å². The summed E-state index contributed by atoms with van der Waals surface area (Å²) >= 11 is 0. The van der Waals surface area contributed by atoms with Crippen molar-refractivity contribution in [1.82, 2.24) is 9.82 Å². The minimum absolute atomic E-state index is 0.0120. The third-order valence-corrected chi connectivity index (χ3v) is 4.86. The number of H-pyrrole nitrogens is 1. The zero-order chi connectivity index (χ0) is 20.3. The van der Waals surface area contributed by atoms with Crippen LogP contribution in [0.5, 0.6) is 11.5 Å². The average molecular weight is 405 g/mol. The maximum atomic E-state index is 12.4. The smallest absolute Gasteiger partial charge is 0.417 e. The first-order chi connectivity index (χ1) is 13.3. The lowest BCUT2D eigenvalue weighted by Gasteiger charge is -2.13. The fraction of sp³-hybridized carbons (Fsp3) is 0.222. The summed E-state index contributed by atoms with van der Waals surface area (Å²) in [5, 5.41) is 3.78. The molecule has 28 heavy (non-hydrogen) atoms. The topological polar surface area (TPSA) is 123 Å². The molecule has 0 amide bonds. The van der Waals surface area contributed by atoms with E-state index >= 15 is 0 Å². The van der Waals surface area contributed by atoms with Crippen molar-refractivity contribution >= 4 is 27.3 Å². The number of oxazole rings is 1. The highest BCUT2D eigenvalue weighted by Crippen LogP contribution is 2.28. The van der Waals surface area contributed by atoms with Crippen molar-refractivity contribution in [1.29, 1.82) is 0 Å². The molecular weight excluding hydrogens is 386 g/mol. The molecule has 10 heteroatoms.